The van der Waals surface area contributed by atoms with Gasteiger partial charge in [-0.25, -0.2) is 0 Å². The van der Waals surface area contributed by atoms with Crippen molar-refractivity contribution in [2.45, 2.75) is 70.8 Å². The number of hydrogen-bond acceptors (Lipinski definition) is 2. The first-order chi connectivity index (χ1) is 11.4. The van der Waals surface area contributed by atoms with Gasteiger partial charge in [-0.15, -0.1) is 0 Å². The first kappa shape index (κ1) is 19.0. The van der Waals surface area contributed by atoms with Crippen molar-refractivity contribution >= 4 is 5.91 Å². The smallest absolute Gasteiger partial charge is 0.222 e. The Kier molecular flexibility index (Phi) is 6.85. The van der Waals surface area contributed by atoms with Gasteiger partial charge in [-0.3, -0.25) is 4.79 Å². The molecule has 0 aliphatic carbocycles. The Balaban J connectivity index is 1.67. The standard InChI is InChI=1S/C21H34N2O/c1-21(2,3)18-11-9-17(10-12-18)7-5-6-8-20(24)23-15-13-19(22-4)14-16-23/h9-12,19,22H,5-8,13-16H2,1-4H3. The monoisotopic (exact) mass is 330 g/mol. The molecule has 3 heteroatoms. The van der Waals surface area contributed by atoms with Crippen LogP contribution >= 0.6 is 0 Å². The van der Waals surface area contributed by atoms with Gasteiger partial charge in [0, 0.05) is 25.6 Å². The minimum Gasteiger partial charge on any atom is -0.343 e. The molecule has 1 N–H and O–H groups in total. The third-order valence-corrected chi connectivity index (χ3v) is 5.18. The summed E-state index contributed by atoms with van der Waals surface area (Å²) in [5.41, 5.74) is 2.97. The van der Waals surface area contributed by atoms with Crippen molar-refractivity contribution in [1.29, 1.82) is 0 Å². The predicted molar refractivity (Wildman–Crippen MR) is 101 cm³/mol. The van der Waals surface area contributed by atoms with E-state index in [-0.39, 0.29) is 5.41 Å². The number of rotatable bonds is 6. The van der Waals surface area contributed by atoms with Gasteiger partial charge < -0.3 is 10.2 Å². The maximum absolute atomic E-state index is 12.3. The lowest BCUT2D eigenvalue weighted by Gasteiger charge is -2.31. The first-order valence-corrected chi connectivity index (χ1v) is 9.44. The van der Waals surface area contributed by atoms with E-state index in [1.165, 1.54) is 11.1 Å². The molecular weight excluding hydrogens is 296 g/mol. The molecule has 2 rings (SSSR count). The summed E-state index contributed by atoms with van der Waals surface area (Å²) in [4.78, 5) is 14.3. The Hall–Kier alpha value is -1.35. The van der Waals surface area contributed by atoms with Gasteiger partial charge in [-0.1, -0.05) is 45.0 Å². The molecule has 0 aromatic heterocycles. The molecule has 1 aliphatic rings. The van der Waals surface area contributed by atoms with Crippen LogP contribution in [0.4, 0.5) is 0 Å². The molecule has 1 aromatic carbocycles. The van der Waals surface area contributed by atoms with Crippen LogP contribution < -0.4 is 5.32 Å². The fourth-order valence-corrected chi connectivity index (χ4v) is 3.35. The minimum atomic E-state index is 0.214. The zero-order chi connectivity index (χ0) is 17.6. The molecule has 0 spiro atoms. The number of hydrogen-bond donors (Lipinski definition) is 1. The summed E-state index contributed by atoms with van der Waals surface area (Å²) in [5.74, 6) is 0.340. The Morgan fingerprint density at radius 2 is 1.75 bits per heavy atom. The van der Waals surface area contributed by atoms with Gasteiger partial charge in [0.15, 0.2) is 0 Å². The second kappa shape index (κ2) is 8.66. The molecule has 1 amide bonds. The average molecular weight is 331 g/mol. The van der Waals surface area contributed by atoms with E-state index < -0.39 is 0 Å². The Morgan fingerprint density at radius 3 is 2.29 bits per heavy atom. The van der Waals surface area contributed by atoms with Crippen LogP contribution in [0.1, 0.15) is 64.0 Å². The molecule has 24 heavy (non-hydrogen) atoms. The number of carbonyl (C=O) groups excluding carboxylic acids is 1. The predicted octanol–water partition coefficient (Wildman–Crippen LogP) is 3.91. The van der Waals surface area contributed by atoms with Crippen LogP contribution in [0.25, 0.3) is 0 Å². The second-order valence-electron chi connectivity index (χ2n) is 8.10. The third kappa shape index (κ3) is 5.62. The number of benzene rings is 1. The van der Waals surface area contributed by atoms with Crippen LogP contribution in [0, 0.1) is 0 Å². The summed E-state index contributed by atoms with van der Waals surface area (Å²) in [6.07, 6.45) is 6.02. The number of nitrogens with one attached hydrogen (secondary N) is 1. The fraction of sp³-hybridized carbons (Fsp3) is 0.667. The zero-order valence-electron chi connectivity index (χ0n) is 15.9. The van der Waals surface area contributed by atoms with Crippen LogP contribution in [-0.2, 0) is 16.6 Å². The molecule has 0 saturated carbocycles. The van der Waals surface area contributed by atoms with Crippen LogP contribution in [0.5, 0.6) is 0 Å². The Morgan fingerprint density at radius 1 is 1.12 bits per heavy atom. The molecule has 1 saturated heterocycles. The summed E-state index contributed by atoms with van der Waals surface area (Å²) >= 11 is 0. The number of unbranched alkanes of at least 4 members (excludes halogenated alkanes) is 1. The van der Waals surface area contributed by atoms with Gasteiger partial charge in [0.2, 0.25) is 5.91 Å². The van der Waals surface area contributed by atoms with Crippen molar-refractivity contribution in [2.24, 2.45) is 0 Å². The zero-order valence-corrected chi connectivity index (χ0v) is 15.9. The van der Waals surface area contributed by atoms with Crippen molar-refractivity contribution < 1.29 is 4.79 Å². The van der Waals surface area contributed by atoms with E-state index in [9.17, 15) is 4.79 Å². The average Bonchev–Trinajstić information content (AvgIpc) is 2.58. The van der Waals surface area contributed by atoms with E-state index in [1.807, 2.05) is 11.9 Å². The van der Waals surface area contributed by atoms with Crippen molar-refractivity contribution in [3.63, 3.8) is 0 Å². The number of piperidine rings is 1. The molecular formula is C21H34N2O. The number of likely N-dealkylation sites (tertiary alicyclic amines) is 1. The lowest BCUT2D eigenvalue weighted by atomic mass is 9.86. The van der Waals surface area contributed by atoms with Crippen LogP contribution in [0.2, 0.25) is 0 Å². The van der Waals surface area contributed by atoms with Gasteiger partial charge in [0.25, 0.3) is 0 Å². The molecule has 1 aliphatic heterocycles. The molecule has 134 valence electrons. The quantitative estimate of drug-likeness (QED) is 0.802. The molecule has 1 aromatic rings. The van der Waals surface area contributed by atoms with Gasteiger partial charge in [0.05, 0.1) is 0 Å². The number of nitrogens with zero attached hydrogens (tertiary/aromatic N) is 1. The van der Waals surface area contributed by atoms with Crippen LogP contribution in [-0.4, -0.2) is 37.0 Å². The molecule has 0 bridgehead atoms. The molecule has 3 nitrogen and oxygen atoms in total. The van der Waals surface area contributed by atoms with Crippen molar-refractivity contribution in [3.8, 4) is 0 Å². The lowest BCUT2D eigenvalue weighted by Crippen LogP contribution is -2.43. The molecule has 0 radical (unpaired) electrons. The first-order valence-electron chi connectivity index (χ1n) is 9.44. The van der Waals surface area contributed by atoms with Gasteiger partial charge in [-0.05, 0) is 55.7 Å². The maximum Gasteiger partial charge on any atom is 0.222 e. The summed E-state index contributed by atoms with van der Waals surface area (Å²) in [5, 5.41) is 3.31. The SMILES string of the molecule is CNC1CCN(C(=O)CCCCc2ccc(C(C)(C)C)cc2)CC1. The highest BCUT2D eigenvalue weighted by molar-refractivity contribution is 5.76. The van der Waals surface area contributed by atoms with E-state index in [0.29, 0.717) is 18.4 Å². The molecule has 0 atom stereocenters. The summed E-state index contributed by atoms with van der Waals surface area (Å²) in [7, 11) is 2.01. The summed E-state index contributed by atoms with van der Waals surface area (Å²) in [6, 6.07) is 9.55. The summed E-state index contributed by atoms with van der Waals surface area (Å²) in [6.45, 7) is 8.56. The van der Waals surface area contributed by atoms with Crippen molar-refractivity contribution in [3.05, 3.63) is 35.4 Å². The van der Waals surface area contributed by atoms with E-state index in [2.05, 4.69) is 50.4 Å². The highest BCUT2D eigenvalue weighted by Crippen LogP contribution is 2.22. The molecule has 1 heterocycles. The molecule has 1 fully saturated rings. The number of aryl methyl sites for hydroxylation is 1. The highest BCUT2D eigenvalue weighted by Gasteiger charge is 2.21. The lowest BCUT2D eigenvalue weighted by molar-refractivity contribution is -0.132. The topological polar surface area (TPSA) is 32.3 Å². The number of amides is 1. The van der Waals surface area contributed by atoms with Gasteiger partial charge >= 0.3 is 0 Å². The van der Waals surface area contributed by atoms with E-state index in [4.69, 9.17) is 0 Å². The maximum atomic E-state index is 12.3. The van der Waals surface area contributed by atoms with Crippen LogP contribution in [0.3, 0.4) is 0 Å². The Bertz CT molecular complexity index is 508. The van der Waals surface area contributed by atoms with Gasteiger partial charge in [0.1, 0.15) is 0 Å². The third-order valence-electron chi connectivity index (χ3n) is 5.18. The second-order valence-corrected chi connectivity index (χ2v) is 8.10. The van der Waals surface area contributed by atoms with Crippen molar-refractivity contribution in [2.75, 3.05) is 20.1 Å². The normalized spacial score (nSPS) is 16.4. The largest absolute Gasteiger partial charge is 0.343 e. The van der Waals surface area contributed by atoms with E-state index in [1.54, 1.807) is 0 Å². The Labute approximate surface area is 147 Å². The summed E-state index contributed by atoms with van der Waals surface area (Å²) < 4.78 is 0. The highest BCUT2D eigenvalue weighted by atomic mass is 16.2. The van der Waals surface area contributed by atoms with Gasteiger partial charge in [-0.2, -0.15) is 0 Å². The fourth-order valence-electron chi connectivity index (χ4n) is 3.35. The van der Waals surface area contributed by atoms with Crippen LogP contribution in [0.15, 0.2) is 24.3 Å². The van der Waals surface area contributed by atoms with E-state index in [0.717, 1.165) is 45.2 Å². The van der Waals surface area contributed by atoms with Crippen molar-refractivity contribution in [1.82, 2.24) is 10.2 Å². The van der Waals surface area contributed by atoms with E-state index >= 15 is 0 Å². The number of carbonyl (C=O) groups is 1. The molecule has 0 unspecified atom stereocenters. The minimum absolute atomic E-state index is 0.214.